The van der Waals surface area contributed by atoms with Crippen LogP contribution in [0.25, 0.3) is 0 Å². The topological polar surface area (TPSA) is 58.7 Å². The monoisotopic (exact) mass is 218 g/mol. The molecule has 0 spiro atoms. The number of hydrogen-bond acceptors (Lipinski definition) is 4. The van der Waals surface area contributed by atoms with Gasteiger partial charge in [0, 0.05) is 31.8 Å². The van der Waals surface area contributed by atoms with Gasteiger partial charge in [0.25, 0.3) is 0 Å². The van der Waals surface area contributed by atoms with Gasteiger partial charge in [0.1, 0.15) is 0 Å². The van der Waals surface area contributed by atoms with Gasteiger partial charge in [0.2, 0.25) is 0 Å². The molecule has 0 bridgehead atoms. The Balaban J connectivity index is 4.23. The lowest BCUT2D eigenvalue weighted by Crippen LogP contribution is -2.53. The van der Waals surface area contributed by atoms with Crippen LogP contribution in [0.2, 0.25) is 0 Å². The number of methoxy groups -OCH3 is 1. The first-order valence-corrected chi connectivity index (χ1v) is 5.59. The predicted molar refractivity (Wildman–Crippen MR) is 62.9 cm³/mol. The van der Waals surface area contributed by atoms with Crippen LogP contribution >= 0.6 is 0 Å². The maximum atomic E-state index is 9.14. The SMILES string of the molecule is CCC(C)N(CCOC)CC(C)(N)CO. The van der Waals surface area contributed by atoms with Gasteiger partial charge in [0.15, 0.2) is 0 Å². The van der Waals surface area contributed by atoms with E-state index < -0.39 is 5.54 Å². The summed E-state index contributed by atoms with van der Waals surface area (Å²) in [5.41, 5.74) is 5.42. The zero-order valence-corrected chi connectivity index (χ0v) is 10.5. The molecular formula is C11H26N2O2. The molecule has 0 amide bonds. The van der Waals surface area contributed by atoms with Gasteiger partial charge in [-0.2, -0.15) is 0 Å². The number of nitrogens with zero attached hydrogens (tertiary/aromatic N) is 1. The predicted octanol–water partition coefficient (Wildman–Crippen LogP) is 0.443. The first kappa shape index (κ1) is 14.8. The van der Waals surface area contributed by atoms with Crippen molar-refractivity contribution in [2.24, 2.45) is 5.73 Å². The molecule has 0 rings (SSSR count). The third-order valence-corrected chi connectivity index (χ3v) is 2.72. The summed E-state index contributed by atoms with van der Waals surface area (Å²) < 4.78 is 5.07. The lowest BCUT2D eigenvalue weighted by Gasteiger charge is -2.34. The van der Waals surface area contributed by atoms with Gasteiger partial charge in [-0.3, -0.25) is 4.90 Å². The highest BCUT2D eigenvalue weighted by atomic mass is 16.5. The Morgan fingerprint density at radius 1 is 1.53 bits per heavy atom. The second-order valence-corrected chi connectivity index (χ2v) is 4.53. The van der Waals surface area contributed by atoms with Crippen molar-refractivity contribution >= 4 is 0 Å². The first-order valence-electron chi connectivity index (χ1n) is 5.59. The van der Waals surface area contributed by atoms with Gasteiger partial charge in [-0.05, 0) is 20.3 Å². The lowest BCUT2D eigenvalue weighted by molar-refractivity contribution is 0.0870. The molecule has 92 valence electrons. The molecule has 4 nitrogen and oxygen atoms in total. The fraction of sp³-hybridized carbons (Fsp3) is 1.00. The normalized spacial score (nSPS) is 17.8. The maximum Gasteiger partial charge on any atom is 0.0621 e. The average Bonchev–Trinajstić information content (AvgIpc) is 2.23. The number of ether oxygens (including phenoxy) is 1. The van der Waals surface area contributed by atoms with E-state index in [2.05, 4.69) is 18.7 Å². The fourth-order valence-corrected chi connectivity index (χ4v) is 1.44. The van der Waals surface area contributed by atoms with Crippen LogP contribution in [-0.2, 0) is 4.74 Å². The summed E-state index contributed by atoms with van der Waals surface area (Å²) >= 11 is 0. The molecule has 2 atom stereocenters. The van der Waals surface area contributed by atoms with Crippen molar-refractivity contribution in [1.82, 2.24) is 4.90 Å². The van der Waals surface area contributed by atoms with E-state index in [9.17, 15) is 0 Å². The van der Waals surface area contributed by atoms with E-state index in [4.69, 9.17) is 15.6 Å². The Morgan fingerprint density at radius 2 is 2.13 bits per heavy atom. The quantitative estimate of drug-likeness (QED) is 0.621. The molecule has 0 aliphatic carbocycles. The Labute approximate surface area is 93.4 Å². The zero-order valence-electron chi connectivity index (χ0n) is 10.5. The Morgan fingerprint density at radius 3 is 2.53 bits per heavy atom. The summed E-state index contributed by atoms with van der Waals surface area (Å²) in [6.07, 6.45) is 1.07. The second kappa shape index (κ2) is 7.17. The van der Waals surface area contributed by atoms with Crippen LogP contribution in [0, 0.1) is 0 Å². The summed E-state index contributed by atoms with van der Waals surface area (Å²) in [5, 5.41) is 9.14. The molecule has 0 saturated carbocycles. The Kier molecular flexibility index (Phi) is 7.09. The van der Waals surface area contributed by atoms with Crippen molar-refractivity contribution in [3.63, 3.8) is 0 Å². The van der Waals surface area contributed by atoms with Gasteiger partial charge >= 0.3 is 0 Å². The van der Waals surface area contributed by atoms with E-state index in [1.54, 1.807) is 7.11 Å². The fourth-order valence-electron chi connectivity index (χ4n) is 1.44. The summed E-state index contributed by atoms with van der Waals surface area (Å²) in [6.45, 7) is 8.45. The molecule has 0 aromatic rings. The van der Waals surface area contributed by atoms with Gasteiger partial charge < -0.3 is 15.6 Å². The molecule has 0 saturated heterocycles. The summed E-state index contributed by atoms with van der Waals surface area (Å²) in [5.74, 6) is 0. The first-order chi connectivity index (χ1) is 6.96. The molecule has 0 radical (unpaired) electrons. The Bertz CT molecular complexity index is 163. The van der Waals surface area contributed by atoms with Crippen molar-refractivity contribution < 1.29 is 9.84 Å². The van der Waals surface area contributed by atoms with Crippen LogP contribution in [-0.4, -0.2) is 55.0 Å². The van der Waals surface area contributed by atoms with E-state index >= 15 is 0 Å². The van der Waals surface area contributed by atoms with Gasteiger partial charge in [-0.15, -0.1) is 0 Å². The third kappa shape index (κ3) is 6.10. The van der Waals surface area contributed by atoms with Crippen molar-refractivity contribution in [3.8, 4) is 0 Å². The van der Waals surface area contributed by atoms with E-state index in [-0.39, 0.29) is 6.61 Å². The molecule has 0 aromatic heterocycles. The molecule has 0 fully saturated rings. The lowest BCUT2D eigenvalue weighted by atomic mass is 10.0. The number of aliphatic hydroxyl groups excluding tert-OH is 1. The van der Waals surface area contributed by atoms with Gasteiger partial charge in [0.05, 0.1) is 13.2 Å². The minimum atomic E-state index is -0.531. The standard InChI is InChI=1S/C11H26N2O2/c1-5-10(2)13(6-7-15-4)8-11(3,12)9-14/h10,14H,5-9,12H2,1-4H3. The molecule has 15 heavy (non-hydrogen) atoms. The van der Waals surface area contributed by atoms with Gasteiger partial charge in [-0.25, -0.2) is 0 Å². The molecule has 0 aliphatic heterocycles. The molecule has 3 N–H and O–H groups in total. The molecule has 0 aliphatic rings. The minimum Gasteiger partial charge on any atom is -0.394 e. The molecular weight excluding hydrogens is 192 g/mol. The van der Waals surface area contributed by atoms with Gasteiger partial charge in [-0.1, -0.05) is 6.92 Å². The van der Waals surface area contributed by atoms with Crippen LogP contribution in [0.1, 0.15) is 27.2 Å². The van der Waals surface area contributed by atoms with Crippen LogP contribution < -0.4 is 5.73 Å². The maximum absolute atomic E-state index is 9.14. The summed E-state index contributed by atoms with van der Waals surface area (Å²) in [6, 6.07) is 0.467. The number of nitrogens with two attached hydrogens (primary N) is 1. The van der Waals surface area contributed by atoms with Crippen molar-refractivity contribution in [1.29, 1.82) is 0 Å². The largest absolute Gasteiger partial charge is 0.394 e. The Hall–Kier alpha value is -0.160. The van der Waals surface area contributed by atoms with E-state index in [0.717, 1.165) is 13.0 Å². The van der Waals surface area contributed by atoms with Crippen molar-refractivity contribution in [2.45, 2.75) is 38.8 Å². The minimum absolute atomic E-state index is 0.00686. The number of hydrogen-bond donors (Lipinski definition) is 2. The number of aliphatic hydroxyl groups is 1. The summed E-state index contributed by atoms with van der Waals surface area (Å²) in [7, 11) is 1.70. The molecule has 0 aromatic carbocycles. The summed E-state index contributed by atoms with van der Waals surface area (Å²) in [4.78, 5) is 2.26. The van der Waals surface area contributed by atoms with Crippen molar-refractivity contribution in [2.75, 3.05) is 33.4 Å². The van der Waals surface area contributed by atoms with E-state index in [0.29, 0.717) is 19.2 Å². The van der Waals surface area contributed by atoms with Crippen LogP contribution in [0.3, 0.4) is 0 Å². The highest BCUT2D eigenvalue weighted by Gasteiger charge is 2.23. The third-order valence-electron chi connectivity index (χ3n) is 2.72. The highest BCUT2D eigenvalue weighted by molar-refractivity contribution is 4.83. The molecule has 2 unspecified atom stereocenters. The smallest absolute Gasteiger partial charge is 0.0621 e. The second-order valence-electron chi connectivity index (χ2n) is 4.53. The molecule has 0 heterocycles. The van der Waals surface area contributed by atoms with Crippen molar-refractivity contribution in [3.05, 3.63) is 0 Å². The van der Waals surface area contributed by atoms with Crippen LogP contribution in [0.15, 0.2) is 0 Å². The highest BCUT2D eigenvalue weighted by Crippen LogP contribution is 2.08. The number of rotatable bonds is 8. The molecule has 4 heteroatoms. The van der Waals surface area contributed by atoms with Crippen LogP contribution in [0.5, 0.6) is 0 Å². The van der Waals surface area contributed by atoms with E-state index in [1.165, 1.54) is 0 Å². The van der Waals surface area contributed by atoms with E-state index in [1.807, 2.05) is 6.92 Å². The van der Waals surface area contributed by atoms with Crippen LogP contribution in [0.4, 0.5) is 0 Å². The zero-order chi connectivity index (χ0) is 11.9. The average molecular weight is 218 g/mol.